The maximum absolute atomic E-state index is 12.5. The van der Waals surface area contributed by atoms with Gasteiger partial charge in [-0.05, 0) is 18.2 Å². The molecule has 1 aromatic carbocycles. The number of hydrogen-bond donors (Lipinski definition) is 1. The van der Waals surface area contributed by atoms with Crippen LogP contribution in [0.5, 0.6) is 0 Å². The van der Waals surface area contributed by atoms with Gasteiger partial charge in [0.25, 0.3) is 5.91 Å². The maximum Gasteiger partial charge on any atom is 0.416 e. The molecule has 1 N–H and O–H groups in total. The molecule has 0 heterocycles. The van der Waals surface area contributed by atoms with Crippen molar-refractivity contribution in [3.8, 4) is 0 Å². The quantitative estimate of drug-likeness (QED) is 0.868. The molecular weight excluding hydrogens is 304 g/mol. The van der Waals surface area contributed by atoms with Crippen LogP contribution in [0.2, 0.25) is 0 Å². The topological polar surface area (TPSA) is 40.5 Å². The molecule has 0 spiro atoms. The highest BCUT2D eigenvalue weighted by molar-refractivity contribution is 5.94. The number of nitrogens with zero attached hydrogens (tertiary/aromatic N) is 1. The molecule has 0 unspecified atom stereocenters. The first kappa shape index (κ1) is 17.3. The SMILES string of the molecule is O=C(c1cccc(C(F)(F)F)c1)N(CCO)CC(F)(F)F. The zero-order chi connectivity index (χ0) is 16.3. The summed E-state index contributed by atoms with van der Waals surface area (Å²) in [5.41, 5.74) is -1.66. The Morgan fingerprint density at radius 2 is 1.76 bits per heavy atom. The number of amides is 1. The molecule has 0 aliphatic rings. The highest BCUT2D eigenvalue weighted by Crippen LogP contribution is 2.30. The van der Waals surface area contributed by atoms with Crippen LogP contribution in [-0.2, 0) is 6.18 Å². The van der Waals surface area contributed by atoms with Crippen molar-refractivity contribution >= 4 is 5.91 Å². The van der Waals surface area contributed by atoms with Crippen molar-refractivity contribution in [3.05, 3.63) is 35.4 Å². The highest BCUT2D eigenvalue weighted by atomic mass is 19.4. The molecule has 9 heteroatoms. The summed E-state index contributed by atoms with van der Waals surface area (Å²) in [7, 11) is 0. The normalized spacial score (nSPS) is 12.3. The molecule has 0 saturated heterocycles. The van der Waals surface area contributed by atoms with E-state index in [1.807, 2.05) is 0 Å². The van der Waals surface area contributed by atoms with E-state index >= 15 is 0 Å². The van der Waals surface area contributed by atoms with Gasteiger partial charge in [0.05, 0.1) is 12.2 Å². The molecule has 0 aromatic heterocycles. The second-order valence-electron chi connectivity index (χ2n) is 4.14. The molecule has 1 amide bonds. The molecule has 1 rings (SSSR count). The van der Waals surface area contributed by atoms with Gasteiger partial charge in [0.1, 0.15) is 6.54 Å². The van der Waals surface area contributed by atoms with Crippen LogP contribution in [0.3, 0.4) is 0 Å². The summed E-state index contributed by atoms with van der Waals surface area (Å²) in [6.45, 7) is -3.02. The molecule has 0 aliphatic carbocycles. The van der Waals surface area contributed by atoms with E-state index in [9.17, 15) is 31.1 Å². The number of halogens is 6. The smallest absolute Gasteiger partial charge is 0.395 e. The van der Waals surface area contributed by atoms with Crippen molar-refractivity contribution in [2.45, 2.75) is 12.4 Å². The predicted octanol–water partition coefficient (Wildman–Crippen LogP) is 2.70. The van der Waals surface area contributed by atoms with Crippen LogP contribution < -0.4 is 0 Å². The third-order valence-electron chi connectivity index (χ3n) is 2.46. The van der Waals surface area contributed by atoms with Crippen molar-refractivity contribution < 1.29 is 36.2 Å². The summed E-state index contributed by atoms with van der Waals surface area (Å²) in [6, 6.07) is 3.10. The number of rotatable bonds is 4. The van der Waals surface area contributed by atoms with E-state index in [4.69, 9.17) is 5.11 Å². The molecule has 21 heavy (non-hydrogen) atoms. The lowest BCUT2D eigenvalue weighted by Gasteiger charge is -2.23. The van der Waals surface area contributed by atoms with Crippen LogP contribution >= 0.6 is 0 Å². The van der Waals surface area contributed by atoms with Gasteiger partial charge in [0.15, 0.2) is 0 Å². The van der Waals surface area contributed by atoms with E-state index < -0.39 is 49.1 Å². The molecule has 1 aromatic rings. The minimum Gasteiger partial charge on any atom is -0.395 e. The fraction of sp³-hybridized carbons (Fsp3) is 0.417. The van der Waals surface area contributed by atoms with E-state index in [0.717, 1.165) is 12.1 Å². The van der Waals surface area contributed by atoms with Gasteiger partial charge in [-0.25, -0.2) is 0 Å². The molecule has 0 bridgehead atoms. The van der Waals surface area contributed by atoms with Gasteiger partial charge in [-0.2, -0.15) is 26.3 Å². The van der Waals surface area contributed by atoms with Crippen LogP contribution in [0.15, 0.2) is 24.3 Å². The Morgan fingerprint density at radius 3 is 2.24 bits per heavy atom. The Bertz CT molecular complexity index is 497. The number of alkyl halides is 6. The van der Waals surface area contributed by atoms with Crippen LogP contribution in [0.4, 0.5) is 26.3 Å². The van der Waals surface area contributed by atoms with E-state index in [1.54, 1.807) is 0 Å². The van der Waals surface area contributed by atoms with E-state index in [0.29, 0.717) is 12.1 Å². The van der Waals surface area contributed by atoms with Crippen molar-refractivity contribution in [1.29, 1.82) is 0 Å². The van der Waals surface area contributed by atoms with Crippen LogP contribution in [0.25, 0.3) is 0 Å². The van der Waals surface area contributed by atoms with Crippen molar-refractivity contribution in [2.75, 3.05) is 19.7 Å². The number of aliphatic hydroxyl groups is 1. The largest absolute Gasteiger partial charge is 0.416 e. The van der Waals surface area contributed by atoms with E-state index in [-0.39, 0.29) is 4.90 Å². The summed E-state index contributed by atoms with van der Waals surface area (Å²) in [6.07, 6.45) is -9.42. The van der Waals surface area contributed by atoms with Gasteiger partial charge in [-0.1, -0.05) is 6.07 Å². The van der Waals surface area contributed by atoms with Crippen molar-refractivity contribution in [2.24, 2.45) is 0 Å². The predicted molar refractivity (Wildman–Crippen MR) is 60.5 cm³/mol. The number of aliphatic hydroxyl groups excluding tert-OH is 1. The number of benzene rings is 1. The molecule has 0 atom stereocenters. The van der Waals surface area contributed by atoms with Crippen LogP contribution in [0.1, 0.15) is 15.9 Å². The molecule has 118 valence electrons. The fourth-order valence-corrected chi connectivity index (χ4v) is 1.60. The summed E-state index contributed by atoms with van der Waals surface area (Å²) in [4.78, 5) is 12.1. The van der Waals surface area contributed by atoms with Gasteiger partial charge in [-0.15, -0.1) is 0 Å². The highest BCUT2D eigenvalue weighted by Gasteiger charge is 2.34. The first-order valence-corrected chi connectivity index (χ1v) is 5.69. The van der Waals surface area contributed by atoms with E-state index in [1.165, 1.54) is 0 Å². The standard InChI is InChI=1S/C12H11F6NO2/c13-11(14,15)7-19(4-5-20)10(21)8-2-1-3-9(6-8)12(16,17)18/h1-3,6,20H,4-5,7H2. The lowest BCUT2D eigenvalue weighted by Crippen LogP contribution is -2.40. The lowest BCUT2D eigenvalue weighted by molar-refractivity contribution is -0.141. The van der Waals surface area contributed by atoms with Gasteiger partial charge in [0.2, 0.25) is 0 Å². The summed E-state index contributed by atoms with van der Waals surface area (Å²) in [5, 5.41) is 8.67. The minimum atomic E-state index is -4.72. The first-order valence-electron chi connectivity index (χ1n) is 5.69. The molecule has 0 radical (unpaired) electrons. The average molecular weight is 315 g/mol. The molecular formula is C12H11F6NO2. The molecule has 0 fully saturated rings. The van der Waals surface area contributed by atoms with Gasteiger partial charge < -0.3 is 10.0 Å². The van der Waals surface area contributed by atoms with Gasteiger partial charge >= 0.3 is 12.4 Å². The Balaban J connectivity index is 3.04. The number of hydrogen-bond acceptors (Lipinski definition) is 2. The number of carbonyl (C=O) groups excluding carboxylic acids is 1. The van der Waals surface area contributed by atoms with Crippen LogP contribution in [-0.4, -0.2) is 41.8 Å². The molecule has 3 nitrogen and oxygen atoms in total. The van der Waals surface area contributed by atoms with Gasteiger partial charge in [-0.3, -0.25) is 4.79 Å². The fourth-order valence-electron chi connectivity index (χ4n) is 1.60. The monoisotopic (exact) mass is 315 g/mol. The minimum absolute atomic E-state index is 0.246. The summed E-state index contributed by atoms with van der Waals surface area (Å²) >= 11 is 0. The first-order chi connectivity index (χ1) is 9.54. The summed E-state index contributed by atoms with van der Waals surface area (Å²) < 4.78 is 74.5. The average Bonchev–Trinajstić information content (AvgIpc) is 2.35. The zero-order valence-electron chi connectivity index (χ0n) is 10.5. The third-order valence-corrected chi connectivity index (χ3v) is 2.46. The van der Waals surface area contributed by atoms with Crippen molar-refractivity contribution in [3.63, 3.8) is 0 Å². The second-order valence-corrected chi connectivity index (χ2v) is 4.14. The van der Waals surface area contributed by atoms with Crippen LogP contribution in [0, 0.1) is 0 Å². The second kappa shape index (κ2) is 6.33. The zero-order valence-corrected chi connectivity index (χ0v) is 10.5. The van der Waals surface area contributed by atoms with E-state index in [2.05, 4.69) is 0 Å². The maximum atomic E-state index is 12.5. The van der Waals surface area contributed by atoms with Crippen molar-refractivity contribution in [1.82, 2.24) is 4.90 Å². The molecule has 0 saturated carbocycles. The third kappa shape index (κ3) is 5.25. The number of carbonyl (C=O) groups is 1. The molecule has 0 aliphatic heterocycles. The Labute approximate surface area is 115 Å². The van der Waals surface area contributed by atoms with Gasteiger partial charge in [0, 0.05) is 12.1 Å². The Morgan fingerprint density at radius 1 is 1.14 bits per heavy atom. The lowest BCUT2D eigenvalue weighted by atomic mass is 10.1. The Hall–Kier alpha value is -1.77. The Kier molecular flexibility index (Phi) is 5.21. The summed E-state index contributed by atoms with van der Waals surface area (Å²) in [5.74, 6) is -1.23.